The van der Waals surface area contributed by atoms with Crippen molar-refractivity contribution in [3.8, 4) is 23.0 Å². The summed E-state index contributed by atoms with van der Waals surface area (Å²) < 4.78 is 57.1. The molecule has 1 saturated heterocycles. The van der Waals surface area contributed by atoms with Gasteiger partial charge in [-0.1, -0.05) is 18.2 Å². The first-order valence-electron chi connectivity index (χ1n) is 15.3. The van der Waals surface area contributed by atoms with E-state index >= 15 is 0 Å². The number of carbonyl (C=O) groups excluding carboxylic acids is 1. The molecule has 14 heteroatoms. The van der Waals surface area contributed by atoms with Crippen LogP contribution in [0.25, 0.3) is 0 Å². The summed E-state index contributed by atoms with van der Waals surface area (Å²) in [6.45, 7) is 0.649. The number of carboxylic acid groups (broad SMARTS) is 1. The molecular formula is C33H39N3O10S. The number of fused-ring (bicyclic) bond motifs is 1. The Labute approximate surface area is 274 Å². The van der Waals surface area contributed by atoms with E-state index in [0.717, 1.165) is 5.56 Å². The summed E-state index contributed by atoms with van der Waals surface area (Å²) in [6.07, 6.45) is 2.83. The van der Waals surface area contributed by atoms with Crippen LogP contribution in [0.15, 0.2) is 59.6 Å². The van der Waals surface area contributed by atoms with E-state index in [4.69, 9.17) is 28.8 Å². The predicted molar refractivity (Wildman–Crippen MR) is 171 cm³/mol. The number of carboxylic acids is 1. The number of sulfonamides is 1. The lowest BCUT2D eigenvalue weighted by Gasteiger charge is -2.34. The van der Waals surface area contributed by atoms with Crippen LogP contribution in [0.2, 0.25) is 0 Å². The van der Waals surface area contributed by atoms with Crippen LogP contribution in [0.4, 0.5) is 5.82 Å². The van der Waals surface area contributed by atoms with E-state index in [2.05, 4.69) is 4.98 Å². The molecule has 0 aliphatic carbocycles. The molecule has 13 nitrogen and oxygen atoms in total. The second-order valence-corrected chi connectivity index (χ2v) is 13.2. The summed E-state index contributed by atoms with van der Waals surface area (Å²) >= 11 is 0. The van der Waals surface area contributed by atoms with Crippen LogP contribution < -0.4 is 23.8 Å². The van der Waals surface area contributed by atoms with Crippen molar-refractivity contribution in [2.45, 2.75) is 49.1 Å². The highest BCUT2D eigenvalue weighted by molar-refractivity contribution is 7.89. The number of anilines is 1. The maximum atomic E-state index is 13.9. The van der Waals surface area contributed by atoms with Gasteiger partial charge in [-0.3, -0.25) is 4.79 Å². The summed E-state index contributed by atoms with van der Waals surface area (Å²) in [7, 11) is 0.824. The van der Waals surface area contributed by atoms with Crippen LogP contribution in [0.1, 0.15) is 42.9 Å². The van der Waals surface area contributed by atoms with Crippen molar-refractivity contribution >= 4 is 27.8 Å². The first kappa shape index (κ1) is 33.8. The van der Waals surface area contributed by atoms with Crippen molar-refractivity contribution in [1.29, 1.82) is 0 Å². The van der Waals surface area contributed by atoms with E-state index in [1.807, 2.05) is 24.1 Å². The van der Waals surface area contributed by atoms with Gasteiger partial charge in [-0.15, -0.1) is 0 Å². The zero-order chi connectivity index (χ0) is 33.6. The lowest BCUT2D eigenvalue weighted by Crippen LogP contribution is -2.48. The largest absolute Gasteiger partial charge is 0.493 e. The van der Waals surface area contributed by atoms with Crippen molar-refractivity contribution < 1.29 is 46.8 Å². The van der Waals surface area contributed by atoms with Gasteiger partial charge in [0, 0.05) is 25.9 Å². The van der Waals surface area contributed by atoms with E-state index in [9.17, 15) is 18.0 Å². The van der Waals surface area contributed by atoms with Gasteiger partial charge in [0.1, 0.15) is 29.4 Å². The van der Waals surface area contributed by atoms with Crippen LogP contribution in [-0.4, -0.2) is 88.4 Å². The Hall–Kier alpha value is -4.56. The first-order valence-corrected chi connectivity index (χ1v) is 16.8. The smallest absolute Gasteiger partial charge is 0.341 e. The number of nitrogens with zero attached hydrogens (tertiary/aromatic N) is 3. The molecule has 0 unspecified atom stereocenters. The van der Waals surface area contributed by atoms with Crippen LogP contribution in [0.3, 0.4) is 0 Å². The lowest BCUT2D eigenvalue weighted by molar-refractivity contribution is -0.155. The fourth-order valence-corrected chi connectivity index (χ4v) is 7.32. The number of aromatic nitrogens is 1. The fourth-order valence-electron chi connectivity index (χ4n) is 5.71. The van der Waals surface area contributed by atoms with Crippen molar-refractivity contribution in [1.82, 2.24) is 9.29 Å². The van der Waals surface area contributed by atoms with Gasteiger partial charge in [-0.05, 0) is 67.5 Å². The number of rotatable bonds is 13. The third-order valence-corrected chi connectivity index (χ3v) is 10.1. The van der Waals surface area contributed by atoms with E-state index < -0.39 is 40.7 Å². The molecule has 1 N–H and O–H groups in total. The molecule has 5 rings (SSSR count). The quantitative estimate of drug-likeness (QED) is 0.263. The van der Waals surface area contributed by atoms with Gasteiger partial charge in [-0.2, -0.15) is 4.31 Å². The van der Waals surface area contributed by atoms with Crippen LogP contribution >= 0.6 is 0 Å². The van der Waals surface area contributed by atoms with Crippen molar-refractivity contribution in [3.05, 3.63) is 65.9 Å². The molecule has 3 heterocycles. The minimum atomic E-state index is -4.13. The number of aliphatic carboxylic acids is 1. The lowest BCUT2D eigenvalue weighted by atomic mass is 10.00. The zero-order valence-electron chi connectivity index (χ0n) is 26.6. The number of likely N-dealkylation sites (N-methyl/N-ethyl adjacent to an activating group) is 1. The maximum Gasteiger partial charge on any atom is 0.341 e. The van der Waals surface area contributed by atoms with Gasteiger partial charge in [0.05, 0.1) is 20.8 Å². The molecule has 2 aliphatic heterocycles. The number of hydrogen-bond acceptors (Lipinski definition) is 11. The number of benzene rings is 2. The highest BCUT2D eigenvalue weighted by Crippen LogP contribution is 2.35. The van der Waals surface area contributed by atoms with Crippen molar-refractivity contribution in [2.75, 3.05) is 52.5 Å². The summed E-state index contributed by atoms with van der Waals surface area (Å²) in [4.78, 5) is 31.2. The fraction of sp³-hybridized carbons (Fsp3) is 0.424. The van der Waals surface area contributed by atoms with Crippen molar-refractivity contribution in [2.24, 2.45) is 0 Å². The standard InChI is InChI=1S/C33H39N3O10S/c1-35-15-16-44-30-19-25(20-34-32(30)35)47(40,41)36-14-5-4-9-26(36)33(39)46-27(23-7-6-8-24(18-23)45-21-31(37)38)12-10-22-11-13-28(42-2)29(17-22)43-3/h6-8,11,13,17-20,26-27H,4-5,9-10,12,14-16,21H2,1-3H3,(H,37,38)/t26-,27+/m0/s1. The molecular weight excluding hydrogens is 630 g/mol. The number of carbonyl (C=O) groups is 2. The van der Waals surface area contributed by atoms with Gasteiger partial charge in [0.25, 0.3) is 0 Å². The third kappa shape index (κ3) is 7.88. The Kier molecular flexibility index (Phi) is 10.7. The second kappa shape index (κ2) is 14.9. The summed E-state index contributed by atoms with van der Waals surface area (Å²) in [5.74, 6) is 0.551. The number of aryl methyl sites for hydroxylation is 1. The Balaban J connectivity index is 1.40. The van der Waals surface area contributed by atoms with E-state index in [1.54, 1.807) is 44.6 Å². The topological polar surface area (TPSA) is 154 Å². The predicted octanol–water partition coefficient (Wildman–Crippen LogP) is 3.85. The van der Waals surface area contributed by atoms with Gasteiger partial charge in [-0.25, -0.2) is 18.2 Å². The average molecular weight is 670 g/mol. The number of esters is 1. The molecule has 1 fully saturated rings. The Morgan fingerprint density at radius 3 is 2.64 bits per heavy atom. The maximum absolute atomic E-state index is 13.9. The molecule has 0 bridgehead atoms. The molecule has 2 aliphatic rings. The first-order chi connectivity index (χ1) is 22.6. The molecule has 0 spiro atoms. The molecule has 3 aromatic rings. The van der Waals surface area contributed by atoms with Crippen LogP contribution in [-0.2, 0) is 30.8 Å². The molecule has 0 saturated carbocycles. The van der Waals surface area contributed by atoms with E-state index in [0.29, 0.717) is 79.6 Å². The van der Waals surface area contributed by atoms with Gasteiger partial charge in [0.15, 0.2) is 29.7 Å². The number of ether oxygens (including phenoxy) is 5. The Morgan fingerprint density at radius 1 is 1.06 bits per heavy atom. The molecule has 2 atom stereocenters. The highest BCUT2D eigenvalue weighted by Gasteiger charge is 2.40. The number of pyridine rings is 1. The molecule has 1 aromatic heterocycles. The molecule has 0 amide bonds. The van der Waals surface area contributed by atoms with E-state index in [1.165, 1.54) is 16.6 Å². The molecule has 2 aromatic carbocycles. The van der Waals surface area contributed by atoms with Crippen LogP contribution in [0, 0.1) is 0 Å². The Bertz CT molecular complexity index is 1700. The van der Waals surface area contributed by atoms with Crippen molar-refractivity contribution in [3.63, 3.8) is 0 Å². The van der Waals surface area contributed by atoms with Crippen LogP contribution in [0.5, 0.6) is 23.0 Å². The van der Waals surface area contributed by atoms with Gasteiger partial charge in [0.2, 0.25) is 10.0 Å². The van der Waals surface area contributed by atoms with Gasteiger partial charge >= 0.3 is 11.9 Å². The zero-order valence-corrected chi connectivity index (χ0v) is 27.4. The summed E-state index contributed by atoms with van der Waals surface area (Å²) in [5, 5.41) is 9.07. The summed E-state index contributed by atoms with van der Waals surface area (Å²) in [5.41, 5.74) is 1.48. The highest BCUT2D eigenvalue weighted by atomic mass is 32.2. The molecule has 0 radical (unpaired) electrons. The summed E-state index contributed by atoms with van der Waals surface area (Å²) in [6, 6.07) is 12.6. The molecule has 47 heavy (non-hydrogen) atoms. The third-order valence-electron chi connectivity index (χ3n) is 8.18. The SMILES string of the molecule is COc1ccc(CC[C@@H](OC(=O)[C@@H]2CCCCN2S(=O)(=O)c2cnc3c(c2)OCCN3C)c2cccc(OCC(=O)O)c2)cc1OC. The Morgan fingerprint density at radius 2 is 1.87 bits per heavy atom. The van der Waals surface area contributed by atoms with E-state index in [-0.39, 0.29) is 11.4 Å². The minimum absolute atomic E-state index is 0.0560. The number of hydrogen-bond donors (Lipinski definition) is 1. The normalized spacial score (nSPS) is 17.2. The molecule has 252 valence electrons. The number of methoxy groups -OCH3 is 2. The number of piperidine rings is 1. The second-order valence-electron chi connectivity index (χ2n) is 11.3. The minimum Gasteiger partial charge on any atom is -0.493 e. The average Bonchev–Trinajstić information content (AvgIpc) is 3.09. The van der Waals surface area contributed by atoms with Gasteiger partial charge < -0.3 is 33.7 Å². The monoisotopic (exact) mass is 669 g/mol.